The number of rotatable bonds is 6. The van der Waals surface area contributed by atoms with Crippen molar-refractivity contribution in [2.75, 3.05) is 5.32 Å². The van der Waals surface area contributed by atoms with E-state index in [1.165, 1.54) is 30.2 Å². The Morgan fingerprint density at radius 2 is 1.86 bits per heavy atom. The van der Waals surface area contributed by atoms with Gasteiger partial charge < -0.3 is 15.8 Å². The lowest BCUT2D eigenvalue weighted by Crippen LogP contribution is -2.18. The van der Waals surface area contributed by atoms with Crippen molar-refractivity contribution in [3.05, 3.63) is 83.7 Å². The highest BCUT2D eigenvalue weighted by molar-refractivity contribution is 6.06. The van der Waals surface area contributed by atoms with E-state index in [0.717, 1.165) is 6.07 Å². The smallest absolute Gasteiger partial charge is 0.417 e. The average molecular weight is 514 g/mol. The third-order valence-corrected chi connectivity index (χ3v) is 5.12. The molecule has 0 aliphatic heterocycles. The van der Waals surface area contributed by atoms with Crippen LogP contribution in [-0.4, -0.2) is 31.7 Å². The number of nitrogens with two attached hydrogens (primary N) is 1. The molecule has 9 nitrogen and oxygen atoms in total. The van der Waals surface area contributed by atoms with Gasteiger partial charge in [-0.05, 0) is 18.2 Å². The number of primary amides is 1. The highest BCUT2D eigenvalue weighted by Gasteiger charge is 2.36. The molecular formula is C24H18F4N6O3. The van der Waals surface area contributed by atoms with Gasteiger partial charge in [0.05, 0.1) is 34.4 Å². The van der Waals surface area contributed by atoms with Gasteiger partial charge >= 0.3 is 12.3 Å². The molecule has 190 valence electrons. The number of aryl methyl sites for hydroxylation is 1. The van der Waals surface area contributed by atoms with Gasteiger partial charge in [0.2, 0.25) is 0 Å². The molecule has 0 unspecified atom stereocenters. The molecular weight excluding hydrogens is 496 g/mol. The van der Waals surface area contributed by atoms with Crippen LogP contribution in [0, 0.1) is 5.82 Å². The maximum atomic E-state index is 14.8. The number of halogens is 4. The van der Waals surface area contributed by atoms with Crippen LogP contribution in [-0.2, 0) is 24.6 Å². The molecule has 0 saturated carbocycles. The summed E-state index contributed by atoms with van der Waals surface area (Å²) in [5, 5.41) is 6.42. The fourth-order valence-electron chi connectivity index (χ4n) is 3.47. The Kier molecular flexibility index (Phi) is 6.87. The zero-order valence-electron chi connectivity index (χ0n) is 19.1. The Bertz CT molecular complexity index is 1470. The van der Waals surface area contributed by atoms with Gasteiger partial charge in [0.15, 0.2) is 12.4 Å². The predicted octanol–water partition coefficient (Wildman–Crippen LogP) is 4.55. The fraction of sp³-hybridized carbons (Fsp3) is 0.125. The van der Waals surface area contributed by atoms with Crippen LogP contribution in [0.4, 0.5) is 28.0 Å². The van der Waals surface area contributed by atoms with E-state index >= 15 is 0 Å². The van der Waals surface area contributed by atoms with E-state index in [9.17, 15) is 27.2 Å². The monoisotopic (exact) mass is 514 g/mol. The van der Waals surface area contributed by atoms with E-state index in [4.69, 9.17) is 10.5 Å². The van der Waals surface area contributed by atoms with Gasteiger partial charge in [-0.25, -0.2) is 19.2 Å². The summed E-state index contributed by atoms with van der Waals surface area (Å²) in [6, 6.07) is 10.9. The second-order valence-electron chi connectivity index (χ2n) is 7.73. The highest BCUT2D eigenvalue weighted by Crippen LogP contribution is 2.38. The van der Waals surface area contributed by atoms with Crippen LogP contribution in [0.1, 0.15) is 21.7 Å². The zero-order chi connectivity index (χ0) is 26.7. The number of alkyl halides is 3. The lowest BCUT2D eigenvalue weighted by atomic mass is 9.99. The van der Waals surface area contributed by atoms with Crippen molar-refractivity contribution in [3.63, 3.8) is 0 Å². The van der Waals surface area contributed by atoms with Gasteiger partial charge in [0.1, 0.15) is 5.82 Å². The predicted molar refractivity (Wildman–Crippen MR) is 123 cm³/mol. The van der Waals surface area contributed by atoms with Crippen LogP contribution in [0.5, 0.6) is 0 Å². The molecule has 0 radical (unpaired) electrons. The molecule has 3 N–H and O–H groups in total. The Morgan fingerprint density at radius 3 is 2.49 bits per heavy atom. The summed E-state index contributed by atoms with van der Waals surface area (Å²) >= 11 is 0. The first-order valence-corrected chi connectivity index (χ1v) is 10.6. The Morgan fingerprint density at radius 1 is 1.14 bits per heavy atom. The molecule has 2 aromatic heterocycles. The number of nitrogens with one attached hydrogen (secondary N) is 1. The lowest BCUT2D eigenvalue weighted by molar-refractivity contribution is -0.137. The number of ether oxygens (including phenoxy) is 1. The number of carbonyl (C=O) groups is 2. The van der Waals surface area contributed by atoms with E-state index in [1.807, 2.05) is 0 Å². The van der Waals surface area contributed by atoms with Gasteiger partial charge in [-0.1, -0.05) is 30.3 Å². The quantitative estimate of drug-likeness (QED) is 0.364. The van der Waals surface area contributed by atoms with E-state index in [-0.39, 0.29) is 35.6 Å². The minimum absolute atomic E-state index is 0.0395. The molecule has 0 spiro atoms. The summed E-state index contributed by atoms with van der Waals surface area (Å²) in [6.45, 7) is -0.343. The molecule has 2 amide bonds. The first-order chi connectivity index (χ1) is 17.5. The van der Waals surface area contributed by atoms with Crippen molar-refractivity contribution in [2.45, 2.75) is 12.8 Å². The van der Waals surface area contributed by atoms with E-state index < -0.39 is 40.7 Å². The Labute approximate surface area is 206 Å². The molecule has 0 aliphatic rings. The second-order valence-corrected chi connectivity index (χ2v) is 7.73. The third kappa shape index (κ3) is 5.72. The topological polar surface area (TPSA) is 125 Å². The summed E-state index contributed by atoms with van der Waals surface area (Å²) in [5.41, 5.74) is 3.28. The first kappa shape index (κ1) is 25.3. The number of amides is 2. The molecule has 4 aromatic rings. The molecule has 0 bridgehead atoms. The van der Waals surface area contributed by atoms with Crippen LogP contribution in [0.2, 0.25) is 0 Å². The van der Waals surface area contributed by atoms with Crippen molar-refractivity contribution in [2.24, 2.45) is 12.8 Å². The maximum absolute atomic E-state index is 14.8. The van der Waals surface area contributed by atoms with Crippen molar-refractivity contribution in [1.29, 1.82) is 0 Å². The summed E-state index contributed by atoms with van der Waals surface area (Å²) < 4.78 is 61.7. The number of nitrogens with zero attached hydrogens (tertiary/aromatic N) is 4. The standard InChI is InChI=1S/C24H18F4N6O3/c1-34-8-7-18(33-34)14-9-15(17(25)10-16(14)24(26,27)28)22(35)31-19-11-30-20(12-37-23(29)36)32-21(19)13-5-3-2-4-6-13/h2-11H,12H2,1H3,(H2,29,36)(H,31,35). The van der Waals surface area contributed by atoms with Crippen LogP contribution < -0.4 is 11.1 Å². The summed E-state index contributed by atoms with van der Waals surface area (Å²) in [4.78, 5) is 32.3. The Hall–Kier alpha value is -4.81. The SMILES string of the molecule is Cn1ccc(-c2cc(C(=O)Nc3cnc(COC(N)=O)nc3-c3ccccc3)c(F)cc2C(F)(F)F)n1. The largest absolute Gasteiger partial charge is 0.441 e. The minimum Gasteiger partial charge on any atom is -0.441 e. The van der Waals surface area contributed by atoms with Gasteiger partial charge in [-0.2, -0.15) is 18.3 Å². The van der Waals surface area contributed by atoms with Crippen molar-refractivity contribution in [1.82, 2.24) is 19.7 Å². The molecule has 2 heterocycles. The molecule has 0 aliphatic carbocycles. The van der Waals surface area contributed by atoms with Crippen LogP contribution in [0.3, 0.4) is 0 Å². The summed E-state index contributed by atoms with van der Waals surface area (Å²) in [5.74, 6) is -2.35. The molecule has 37 heavy (non-hydrogen) atoms. The number of anilines is 1. The van der Waals surface area contributed by atoms with Crippen LogP contribution >= 0.6 is 0 Å². The van der Waals surface area contributed by atoms with Crippen LogP contribution in [0.15, 0.2) is 60.9 Å². The van der Waals surface area contributed by atoms with E-state index in [2.05, 4.69) is 20.4 Å². The summed E-state index contributed by atoms with van der Waals surface area (Å²) in [6.07, 6.45) is -3.30. The van der Waals surface area contributed by atoms with Crippen molar-refractivity contribution in [3.8, 4) is 22.5 Å². The lowest BCUT2D eigenvalue weighted by Gasteiger charge is -2.15. The third-order valence-electron chi connectivity index (χ3n) is 5.12. The zero-order valence-corrected chi connectivity index (χ0v) is 19.1. The van der Waals surface area contributed by atoms with E-state index in [1.54, 1.807) is 30.3 Å². The second kappa shape index (κ2) is 10.0. The van der Waals surface area contributed by atoms with Gasteiger partial charge in [-0.15, -0.1) is 0 Å². The molecule has 0 atom stereocenters. The number of carbonyl (C=O) groups excluding carboxylic acids is 2. The average Bonchev–Trinajstić information content (AvgIpc) is 3.29. The van der Waals surface area contributed by atoms with Crippen LogP contribution in [0.25, 0.3) is 22.5 Å². The normalized spacial score (nSPS) is 11.3. The number of benzene rings is 2. The highest BCUT2D eigenvalue weighted by atomic mass is 19.4. The molecule has 13 heteroatoms. The molecule has 0 fully saturated rings. The fourth-order valence-corrected chi connectivity index (χ4v) is 3.47. The Balaban J connectivity index is 1.75. The van der Waals surface area contributed by atoms with E-state index in [0.29, 0.717) is 5.56 Å². The maximum Gasteiger partial charge on any atom is 0.417 e. The molecule has 4 rings (SSSR count). The number of hydrogen-bond donors (Lipinski definition) is 2. The van der Waals surface area contributed by atoms with Gasteiger partial charge in [0, 0.05) is 24.4 Å². The van der Waals surface area contributed by atoms with Crippen molar-refractivity contribution < 1.29 is 31.9 Å². The van der Waals surface area contributed by atoms with Crippen molar-refractivity contribution >= 4 is 17.7 Å². The van der Waals surface area contributed by atoms with Gasteiger partial charge in [-0.3, -0.25) is 9.48 Å². The number of hydrogen-bond acceptors (Lipinski definition) is 6. The number of aromatic nitrogens is 4. The summed E-state index contributed by atoms with van der Waals surface area (Å²) in [7, 11) is 1.51. The minimum atomic E-state index is -4.89. The molecule has 2 aromatic carbocycles. The molecule has 0 saturated heterocycles. The van der Waals surface area contributed by atoms with Gasteiger partial charge in [0.25, 0.3) is 5.91 Å². The first-order valence-electron chi connectivity index (χ1n) is 10.6.